The lowest BCUT2D eigenvalue weighted by molar-refractivity contribution is -0.140. The molecule has 5 aromatic rings. The van der Waals surface area contributed by atoms with E-state index in [0.717, 1.165) is 39.7 Å². The molecule has 0 saturated carbocycles. The van der Waals surface area contributed by atoms with E-state index >= 15 is 0 Å². The number of carbonyl (C=O) groups excluding carboxylic acids is 2. The third-order valence-electron chi connectivity index (χ3n) is 6.59. The lowest BCUT2D eigenvalue weighted by atomic mass is 10.00. The molecule has 0 fully saturated rings. The number of oxime groups is 1. The molecule has 0 saturated heterocycles. The van der Waals surface area contributed by atoms with Crippen LogP contribution in [0, 0.1) is 0 Å². The fraction of sp³-hybridized carbons (Fsp3) is 0.167. The molecule has 8 nitrogen and oxygen atoms in total. The van der Waals surface area contributed by atoms with Gasteiger partial charge >= 0.3 is 5.97 Å². The predicted molar refractivity (Wildman–Crippen MR) is 142 cm³/mol. The van der Waals surface area contributed by atoms with E-state index < -0.39 is 5.97 Å². The molecule has 1 aliphatic heterocycles. The van der Waals surface area contributed by atoms with E-state index in [1.54, 1.807) is 30.5 Å². The zero-order chi connectivity index (χ0) is 26.2. The van der Waals surface area contributed by atoms with Crippen LogP contribution in [-0.4, -0.2) is 28.6 Å². The second-order valence-electron chi connectivity index (χ2n) is 8.94. The van der Waals surface area contributed by atoms with Crippen LogP contribution in [0.25, 0.3) is 21.8 Å². The molecule has 2 aromatic heterocycles. The van der Waals surface area contributed by atoms with Crippen LogP contribution < -0.4 is 9.47 Å². The van der Waals surface area contributed by atoms with Crippen LogP contribution in [0.1, 0.15) is 41.1 Å². The third kappa shape index (κ3) is 4.10. The van der Waals surface area contributed by atoms with Gasteiger partial charge in [-0.1, -0.05) is 5.16 Å². The minimum atomic E-state index is -0.491. The number of ketones is 1. The fourth-order valence-corrected chi connectivity index (χ4v) is 4.85. The van der Waals surface area contributed by atoms with Crippen molar-refractivity contribution in [2.75, 3.05) is 6.61 Å². The molecule has 0 spiro atoms. The van der Waals surface area contributed by atoms with Crippen LogP contribution >= 0.6 is 0 Å². The lowest BCUT2D eigenvalue weighted by Gasteiger charge is -2.07. The average molecular weight is 509 g/mol. The molecule has 3 aromatic carbocycles. The summed E-state index contributed by atoms with van der Waals surface area (Å²) < 4.78 is 19.2. The first-order chi connectivity index (χ1) is 18.5. The van der Waals surface area contributed by atoms with Gasteiger partial charge in [-0.25, -0.2) is 4.79 Å². The van der Waals surface area contributed by atoms with Gasteiger partial charge in [0.25, 0.3) is 0 Å². The Labute approximate surface area is 218 Å². The summed E-state index contributed by atoms with van der Waals surface area (Å²) in [6.07, 6.45) is 1.60. The molecule has 38 heavy (non-hydrogen) atoms. The first-order valence-electron chi connectivity index (χ1n) is 12.3. The van der Waals surface area contributed by atoms with Crippen LogP contribution in [0.2, 0.25) is 0 Å². The number of hydrogen-bond acceptors (Lipinski definition) is 7. The minimum Gasteiger partial charge on any atom is -0.486 e. The van der Waals surface area contributed by atoms with Crippen molar-refractivity contribution in [1.29, 1.82) is 0 Å². The first-order valence-corrected chi connectivity index (χ1v) is 12.3. The topological polar surface area (TPSA) is 92.3 Å². The Morgan fingerprint density at radius 1 is 1.00 bits per heavy atom. The Morgan fingerprint density at radius 3 is 2.53 bits per heavy atom. The van der Waals surface area contributed by atoms with E-state index in [9.17, 15) is 9.59 Å². The van der Waals surface area contributed by atoms with Gasteiger partial charge in [-0.05, 0) is 73.7 Å². The number of fused-ring (bicyclic) bond motifs is 5. The van der Waals surface area contributed by atoms with E-state index in [4.69, 9.17) is 18.7 Å². The zero-order valence-electron chi connectivity index (χ0n) is 20.9. The van der Waals surface area contributed by atoms with E-state index in [2.05, 4.69) is 16.6 Å². The Hall–Kier alpha value is -4.85. The summed E-state index contributed by atoms with van der Waals surface area (Å²) in [6.45, 7) is 4.65. The van der Waals surface area contributed by atoms with Gasteiger partial charge in [0.15, 0.2) is 5.78 Å². The number of nitrogens with zero attached hydrogens (tertiary/aromatic N) is 2. The van der Waals surface area contributed by atoms with Gasteiger partial charge in [0.2, 0.25) is 0 Å². The Kier molecular flexibility index (Phi) is 5.92. The van der Waals surface area contributed by atoms with Crippen molar-refractivity contribution < 1.29 is 28.3 Å². The second kappa shape index (κ2) is 9.55. The van der Waals surface area contributed by atoms with Crippen LogP contribution in [-0.2, 0) is 22.8 Å². The van der Waals surface area contributed by atoms with Gasteiger partial charge in [0.1, 0.15) is 36.2 Å². The molecule has 8 heteroatoms. The van der Waals surface area contributed by atoms with Gasteiger partial charge in [0, 0.05) is 41.1 Å². The highest BCUT2D eigenvalue weighted by Crippen LogP contribution is 2.41. The molecule has 0 bridgehead atoms. The number of furan rings is 1. The van der Waals surface area contributed by atoms with Crippen molar-refractivity contribution in [2.45, 2.75) is 27.0 Å². The third-order valence-corrected chi connectivity index (χ3v) is 6.59. The molecule has 190 valence electrons. The molecule has 6 rings (SSSR count). The highest BCUT2D eigenvalue weighted by Gasteiger charge is 2.26. The van der Waals surface area contributed by atoms with Crippen molar-refractivity contribution >= 4 is 39.3 Å². The largest absolute Gasteiger partial charge is 0.486 e. The maximum absolute atomic E-state index is 13.4. The smallest absolute Gasteiger partial charge is 0.331 e. The monoisotopic (exact) mass is 508 g/mol. The quantitative estimate of drug-likeness (QED) is 0.155. The number of rotatable bonds is 7. The summed E-state index contributed by atoms with van der Waals surface area (Å²) in [5.41, 5.74) is 4.46. The van der Waals surface area contributed by atoms with Crippen LogP contribution in [0.15, 0.2) is 82.6 Å². The number of aromatic nitrogens is 1. The van der Waals surface area contributed by atoms with Crippen molar-refractivity contribution in [1.82, 2.24) is 4.57 Å². The van der Waals surface area contributed by atoms with Crippen molar-refractivity contribution in [3.63, 3.8) is 0 Å². The molecule has 0 N–H and O–H groups in total. The Bertz CT molecular complexity index is 1710. The zero-order valence-corrected chi connectivity index (χ0v) is 20.9. The molecule has 0 amide bonds. The fourth-order valence-electron chi connectivity index (χ4n) is 4.85. The Morgan fingerprint density at radius 2 is 1.79 bits per heavy atom. The van der Waals surface area contributed by atoms with E-state index in [1.807, 2.05) is 42.5 Å². The molecule has 0 aliphatic carbocycles. The molecule has 1 aliphatic rings. The number of aryl methyl sites for hydroxylation is 1. The second-order valence-corrected chi connectivity index (χ2v) is 8.94. The highest BCUT2D eigenvalue weighted by molar-refractivity contribution is 6.20. The SMILES string of the molecule is CCn1c2ccc(C(=O)c3ccc(OCc4ccco4)cc3)cc2c2c3c(ccc21)/C(=N/OC(C)=O)CO3. The first kappa shape index (κ1) is 23.5. The van der Waals surface area contributed by atoms with Gasteiger partial charge in [-0.2, -0.15) is 0 Å². The predicted octanol–water partition coefficient (Wildman–Crippen LogP) is 5.88. The van der Waals surface area contributed by atoms with Gasteiger partial charge in [0.05, 0.1) is 17.2 Å². The van der Waals surface area contributed by atoms with Gasteiger partial charge in [-0.3, -0.25) is 4.79 Å². The standard InChI is InChI=1S/C30H24N2O6/c1-3-32-26-12-8-20(29(34)19-6-9-21(10-7-19)36-16-22-5-4-14-35-22)15-24(26)28-27(32)13-11-23-25(17-37-30(23)28)31-38-18(2)33/h4-15H,3,16-17H2,1-2H3/b31-25+. The Balaban J connectivity index is 1.36. The molecular weight excluding hydrogens is 484 g/mol. The summed E-state index contributed by atoms with van der Waals surface area (Å²) >= 11 is 0. The van der Waals surface area contributed by atoms with Gasteiger partial charge < -0.3 is 23.3 Å². The number of benzene rings is 3. The molecular formula is C30H24N2O6. The van der Waals surface area contributed by atoms with Crippen molar-refractivity contribution in [3.05, 3.63) is 95.4 Å². The van der Waals surface area contributed by atoms with E-state index in [-0.39, 0.29) is 12.4 Å². The van der Waals surface area contributed by atoms with Gasteiger partial charge in [-0.15, -0.1) is 0 Å². The maximum Gasteiger partial charge on any atom is 0.331 e. The molecule has 3 heterocycles. The lowest BCUT2D eigenvalue weighted by Crippen LogP contribution is -2.04. The van der Waals surface area contributed by atoms with Crippen molar-refractivity contribution in [3.8, 4) is 11.5 Å². The van der Waals surface area contributed by atoms with E-state index in [1.165, 1.54) is 6.92 Å². The van der Waals surface area contributed by atoms with Crippen molar-refractivity contribution in [2.24, 2.45) is 5.16 Å². The van der Waals surface area contributed by atoms with E-state index in [0.29, 0.717) is 34.9 Å². The summed E-state index contributed by atoms with van der Waals surface area (Å²) in [4.78, 5) is 29.5. The average Bonchev–Trinajstić information content (AvgIpc) is 3.67. The summed E-state index contributed by atoms with van der Waals surface area (Å²) in [5.74, 6) is 1.47. The summed E-state index contributed by atoms with van der Waals surface area (Å²) in [7, 11) is 0. The normalized spacial score (nSPS) is 13.6. The van der Waals surface area contributed by atoms with Crippen LogP contribution in [0.4, 0.5) is 0 Å². The summed E-state index contributed by atoms with van der Waals surface area (Å²) in [5, 5.41) is 5.78. The highest BCUT2D eigenvalue weighted by atomic mass is 16.7. The number of carbonyl (C=O) groups is 2. The molecule has 0 atom stereocenters. The number of hydrogen-bond donors (Lipinski definition) is 0. The maximum atomic E-state index is 13.4. The van der Waals surface area contributed by atoms with Crippen LogP contribution in [0.3, 0.4) is 0 Å². The molecule has 0 radical (unpaired) electrons. The molecule has 0 unspecified atom stereocenters. The minimum absolute atomic E-state index is 0.0903. The van der Waals surface area contributed by atoms with Crippen LogP contribution in [0.5, 0.6) is 11.5 Å². The summed E-state index contributed by atoms with van der Waals surface area (Å²) in [6, 6.07) is 20.4. The number of ether oxygens (including phenoxy) is 2.